The molecule has 0 atom stereocenters. The maximum Gasteiger partial charge on any atom is 0.272 e. The average Bonchev–Trinajstić information content (AvgIpc) is 2.72. The van der Waals surface area contributed by atoms with E-state index in [2.05, 4.69) is 15.8 Å². The van der Waals surface area contributed by atoms with Gasteiger partial charge in [0, 0.05) is 16.3 Å². The second kappa shape index (κ2) is 9.37. The van der Waals surface area contributed by atoms with Gasteiger partial charge in [0.25, 0.3) is 11.8 Å². The van der Waals surface area contributed by atoms with Crippen LogP contribution in [-0.2, 0) is 0 Å². The van der Waals surface area contributed by atoms with Crippen molar-refractivity contribution in [3.05, 3.63) is 99.5 Å². The molecule has 0 saturated carbocycles. The molecule has 0 saturated heterocycles. The molecule has 3 aromatic carbocycles. The van der Waals surface area contributed by atoms with Crippen LogP contribution < -0.4 is 10.7 Å². The first kappa shape index (κ1) is 20.6. The van der Waals surface area contributed by atoms with Crippen molar-refractivity contribution in [3.8, 4) is 0 Å². The Kier molecular flexibility index (Phi) is 6.65. The fourth-order valence-electron chi connectivity index (χ4n) is 2.53. The Bertz CT molecular complexity index is 1080. The first-order valence-corrected chi connectivity index (χ1v) is 9.46. The van der Waals surface area contributed by atoms with Gasteiger partial charge in [-0.25, -0.2) is 5.43 Å². The van der Waals surface area contributed by atoms with Gasteiger partial charge in [-0.1, -0.05) is 53.5 Å². The van der Waals surface area contributed by atoms with E-state index in [9.17, 15) is 9.59 Å². The third-order valence-electron chi connectivity index (χ3n) is 4.09. The lowest BCUT2D eigenvalue weighted by Crippen LogP contribution is -2.19. The number of nitrogens with zero attached hydrogens (tertiary/aromatic N) is 1. The van der Waals surface area contributed by atoms with Crippen molar-refractivity contribution in [3.63, 3.8) is 0 Å². The lowest BCUT2D eigenvalue weighted by molar-refractivity contribution is 0.0954. The fourth-order valence-corrected chi connectivity index (χ4v) is 2.94. The largest absolute Gasteiger partial charge is 0.322 e. The number of carbonyl (C=O) groups is 2. The standard InChI is InChI=1S/C22H17Cl2N3O2/c1-14(26-27-22(29)19-7-2-3-8-20(19)24)15-9-11-18(12-10-15)25-21(28)16-5-4-6-17(23)13-16/h2-13H,1H3,(H,25,28)(H,27,29)/b26-14-. The van der Waals surface area contributed by atoms with Crippen molar-refractivity contribution < 1.29 is 9.59 Å². The van der Waals surface area contributed by atoms with E-state index in [4.69, 9.17) is 23.2 Å². The minimum atomic E-state index is -0.389. The average molecular weight is 426 g/mol. The van der Waals surface area contributed by atoms with Crippen molar-refractivity contribution >= 4 is 46.4 Å². The van der Waals surface area contributed by atoms with E-state index in [1.807, 2.05) is 0 Å². The molecule has 2 N–H and O–H groups in total. The van der Waals surface area contributed by atoms with E-state index in [1.54, 1.807) is 79.7 Å². The number of nitrogens with one attached hydrogen (secondary N) is 2. The quantitative estimate of drug-likeness (QED) is 0.424. The molecule has 146 valence electrons. The molecule has 0 fully saturated rings. The summed E-state index contributed by atoms with van der Waals surface area (Å²) in [4.78, 5) is 24.4. The fraction of sp³-hybridized carbons (Fsp3) is 0.0455. The van der Waals surface area contributed by atoms with Gasteiger partial charge in [-0.15, -0.1) is 0 Å². The van der Waals surface area contributed by atoms with E-state index in [0.717, 1.165) is 5.56 Å². The van der Waals surface area contributed by atoms with Gasteiger partial charge in [0.1, 0.15) is 0 Å². The maximum absolute atomic E-state index is 12.3. The SMILES string of the molecule is C/C(=N/NC(=O)c1ccccc1Cl)c1ccc(NC(=O)c2cccc(Cl)c2)cc1. The smallest absolute Gasteiger partial charge is 0.272 e. The first-order chi connectivity index (χ1) is 13.9. The minimum absolute atomic E-state index is 0.252. The topological polar surface area (TPSA) is 70.6 Å². The Morgan fingerprint density at radius 3 is 2.24 bits per heavy atom. The van der Waals surface area contributed by atoms with E-state index >= 15 is 0 Å². The van der Waals surface area contributed by atoms with Crippen molar-refractivity contribution in [2.24, 2.45) is 5.10 Å². The molecular formula is C22H17Cl2N3O2. The lowest BCUT2D eigenvalue weighted by atomic mass is 10.1. The molecule has 3 rings (SSSR count). The summed E-state index contributed by atoms with van der Waals surface area (Å²) in [5.41, 5.74) is 5.36. The van der Waals surface area contributed by atoms with Crippen molar-refractivity contribution in [1.29, 1.82) is 0 Å². The second-order valence-corrected chi connectivity index (χ2v) is 7.00. The van der Waals surface area contributed by atoms with E-state index in [-0.39, 0.29) is 11.8 Å². The Labute approximate surface area is 178 Å². The van der Waals surface area contributed by atoms with Gasteiger partial charge in [0.15, 0.2) is 0 Å². The van der Waals surface area contributed by atoms with Crippen LogP contribution in [0.3, 0.4) is 0 Å². The van der Waals surface area contributed by atoms with Crippen LogP contribution in [0.15, 0.2) is 77.9 Å². The van der Waals surface area contributed by atoms with Gasteiger partial charge in [0.05, 0.1) is 16.3 Å². The summed E-state index contributed by atoms with van der Waals surface area (Å²) in [5, 5.41) is 7.78. The van der Waals surface area contributed by atoms with Gasteiger partial charge >= 0.3 is 0 Å². The summed E-state index contributed by atoms with van der Waals surface area (Å²) in [6.07, 6.45) is 0. The van der Waals surface area contributed by atoms with Gasteiger partial charge < -0.3 is 5.32 Å². The van der Waals surface area contributed by atoms with E-state index in [1.165, 1.54) is 0 Å². The summed E-state index contributed by atoms with van der Waals surface area (Å²) in [5.74, 6) is -0.641. The molecular weight excluding hydrogens is 409 g/mol. The van der Waals surface area contributed by atoms with Crippen LogP contribution >= 0.6 is 23.2 Å². The molecule has 2 amide bonds. The summed E-state index contributed by atoms with van der Waals surface area (Å²) in [7, 11) is 0. The third-order valence-corrected chi connectivity index (χ3v) is 4.66. The maximum atomic E-state index is 12.3. The van der Waals surface area contributed by atoms with Crippen molar-refractivity contribution in [2.75, 3.05) is 5.32 Å². The molecule has 0 aliphatic heterocycles. The van der Waals surface area contributed by atoms with Gasteiger partial charge in [-0.05, 0) is 55.0 Å². The Balaban J connectivity index is 1.64. The molecule has 5 nitrogen and oxygen atoms in total. The van der Waals surface area contributed by atoms with E-state index in [0.29, 0.717) is 32.6 Å². The third kappa shape index (κ3) is 5.44. The molecule has 0 unspecified atom stereocenters. The summed E-state index contributed by atoms with van der Waals surface area (Å²) in [6, 6.07) is 20.6. The summed E-state index contributed by atoms with van der Waals surface area (Å²) in [6.45, 7) is 1.77. The Hall–Kier alpha value is -3.15. The molecule has 7 heteroatoms. The first-order valence-electron chi connectivity index (χ1n) is 8.70. The molecule has 0 aliphatic carbocycles. The molecule has 0 radical (unpaired) electrons. The zero-order valence-electron chi connectivity index (χ0n) is 15.4. The number of hydrazone groups is 1. The van der Waals surface area contributed by atoms with E-state index < -0.39 is 0 Å². The number of halogens is 2. The molecule has 3 aromatic rings. The Morgan fingerprint density at radius 1 is 0.828 bits per heavy atom. The monoisotopic (exact) mass is 425 g/mol. The van der Waals surface area contributed by atoms with Crippen LogP contribution in [0.5, 0.6) is 0 Å². The van der Waals surface area contributed by atoms with Crippen LogP contribution in [0.1, 0.15) is 33.2 Å². The minimum Gasteiger partial charge on any atom is -0.322 e. The van der Waals surface area contributed by atoms with Gasteiger partial charge in [-0.3, -0.25) is 9.59 Å². The van der Waals surface area contributed by atoms with Gasteiger partial charge in [-0.2, -0.15) is 5.10 Å². The number of amides is 2. The zero-order chi connectivity index (χ0) is 20.8. The highest BCUT2D eigenvalue weighted by Gasteiger charge is 2.09. The normalized spacial score (nSPS) is 11.1. The van der Waals surface area contributed by atoms with Crippen LogP contribution in [0.2, 0.25) is 10.0 Å². The van der Waals surface area contributed by atoms with Crippen molar-refractivity contribution in [2.45, 2.75) is 6.92 Å². The molecule has 29 heavy (non-hydrogen) atoms. The number of anilines is 1. The number of benzene rings is 3. The van der Waals surface area contributed by atoms with Crippen LogP contribution in [0, 0.1) is 0 Å². The molecule has 0 heterocycles. The predicted octanol–water partition coefficient (Wildman–Crippen LogP) is 5.40. The zero-order valence-corrected chi connectivity index (χ0v) is 17.0. The Morgan fingerprint density at radius 2 is 1.55 bits per heavy atom. The number of hydrogen-bond acceptors (Lipinski definition) is 3. The van der Waals surface area contributed by atoms with Crippen LogP contribution in [0.4, 0.5) is 5.69 Å². The summed E-state index contributed by atoms with van der Waals surface area (Å²) < 4.78 is 0. The number of hydrogen-bond donors (Lipinski definition) is 2. The second-order valence-electron chi connectivity index (χ2n) is 6.16. The number of rotatable bonds is 5. The molecule has 0 bridgehead atoms. The van der Waals surface area contributed by atoms with Crippen molar-refractivity contribution in [1.82, 2.24) is 5.43 Å². The lowest BCUT2D eigenvalue weighted by Gasteiger charge is -2.07. The molecule has 0 spiro atoms. The number of carbonyl (C=O) groups excluding carboxylic acids is 2. The summed E-state index contributed by atoms with van der Waals surface area (Å²) >= 11 is 11.9. The predicted molar refractivity (Wildman–Crippen MR) is 117 cm³/mol. The molecule has 0 aliphatic rings. The van der Waals surface area contributed by atoms with Crippen LogP contribution in [-0.4, -0.2) is 17.5 Å². The van der Waals surface area contributed by atoms with Crippen LogP contribution in [0.25, 0.3) is 0 Å². The molecule has 0 aromatic heterocycles. The highest BCUT2D eigenvalue weighted by atomic mass is 35.5. The highest BCUT2D eigenvalue weighted by Crippen LogP contribution is 2.16. The highest BCUT2D eigenvalue weighted by molar-refractivity contribution is 6.33. The van der Waals surface area contributed by atoms with Gasteiger partial charge in [0.2, 0.25) is 0 Å².